The number of amides is 2. The van der Waals surface area contributed by atoms with E-state index < -0.39 is 0 Å². The zero-order valence-electron chi connectivity index (χ0n) is 26.2. The number of likely N-dealkylation sites (tertiary alicyclic amines) is 1. The van der Waals surface area contributed by atoms with Crippen LogP contribution in [0.2, 0.25) is 0 Å². The van der Waals surface area contributed by atoms with Gasteiger partial charge in [-0.2, -0.15) is 0 Å². The molecule has 1 atom stereocenters. The number of ether oxygens (including phenoxy) is 2. The fourth-order valence-corrected chi connectivity index (χ4v) is 5.66. The molecule has 0 aliphatic carbocycles. The van der Waals surface area contributed by atoms with Crippen molar-refractivity contribution in [3.63, 3.8) is 0 Å². The van der Waals surface area contributed by atoms with Gasteiger partial charge < -0.3 is 24.1 Å². The van der Waals surface area contributed by atoms with Crippen LogP contribution in [0.3, 0.4) is 0 Å². The molecule has 1 N–H and O–H groups in total. The topological polar surface area (TPSA) is 93.9 Å². The van der Waals surface area contributed by atoms with Crippen LogP contribution in [0.4, 0.5) is 0 Å². The van der Waals surface area contributed by atoms with Crippen molar-refractivity contribution in [3.05, 3.63) is 113 Å². The minimum Gasteiger partial charge on any atom is -0.494 e. The van der Waals surface area contributed by atoms with Crippen molar-refractivity contribution in [2.45, 2.75) is 65.0 Å². The first kappa shape index (κ1) is 31.8. The normalized spacial score (nSPS) is 14.1. The van der Waals surface area contributed by atoms with Gasteiger partial charge in [0.05, 0.1) is 12.8 Å². The van der Waals surface area contributed by atoms with Crippen molar-refractivity contribution in [2.24, 2.45) is 5.92 Å². The van der Waals surface area contributed by atoms with Gasteiger partial charge in [-0.1, -0.05) is 54.6 Å². The first-order valence-corrected chi connectivity index (χ1v) is 15.9. The number of oxazole rings is 1. The second-order valence-electron chi connectivity index (χ2n) is 11.7. The van der Waals surface area contributed by atoms with E-state index in [2.05, 4.69) is 10.3 Å². The van der Waals surface area contributed by atoms with E-state index in [1.54, 1.807) is 6.20 Å². The van der Waals surface area contributed by atoms with Gasteiger partial charge in [0.25, 0.3) is 0 Å². The molecule has 3 aromatic carbocycles. The summed E-state index contributed by atoms with van der Waals surface area (Å²) in [5, 5.41) is 3.17. The lowest BCUT2D eigenvalue weighted by Gasteiger charge is -2.32. The third kappa shape index (κ3) is 9.70. The molecule has 8 nitrogen and oxygen atoms in total. The lowest BCUT2D eigenvalue weighted by atomic mass is 9.92. The number of benzene rings is 3. The van der Waals surface area contributed by atoms with Crippen molar-refractivity contribution in [3.8, 4) is 11.5 Å². The van der Waals surface area contributed by atoms with Crippen molar-refractivity contribution in [2.75, 3.05) is 19.7 Å². The van der Waals surface area contributed by atoms with Crippen LogP contribution in [0, 0.1) is 12.8 Å². The van der Waals surface area contributed by atoms with Gasteiger partial charge in [-0.15, -0.1) is 0 Å². The fraction of sp³-hybridized carbons (Fsp3) is 0.378. The van der Waals surface area contributed by atoms with E-state index in [0.29, 0.717) is 63.6 Å². The van der Waals surface area contributed by atoms with E-state index >= 15 is 0 Å². The molecule has 5 rings (SSSR count). The van der Waals surface area contributed by atoms with Crippen molar-refractivity contribution >= 4 is 11.8 Å². The Morgan fingerprint density at radius 1 is 0.911 bits per heavy atom. The number of carbonyl (C=O) groups excluding carboxylic acids is 2. The number of aryl methyl sites for hydroxylation is 2. The molecule has 2 heterocycles. The Morgan fingerprint density at radius 2 is 1.58 bits per heavy atom. The maximum Gasteiger partial charge on any atom is 0.222 e. The number of nitrogens with zero attached hydrogens (tertiary/aromatic N) is 2. The summed E-state index contributed by atoms with van der Waals surface area (Å²) < 4.78 is 17.3. The number of nitrogens with one attached hydrogen (secondary N) is 1. The quantitative estimate of drug-likeness (QED) is 0.173. The Morgan fingerprint density at radius 3 is 2.22 bits per heavy atom. The molecule has 8 heteroatoms. The maximum atomic E-state index is 13.2. The Kier molecular flexibility index (Phi) is 11.3. The second-order valence-corrected chi connectivity index (χ2v) is 11.7. The van der Waals surface area contributed by atoms with Crippen LogP contribution in [0.1, 0.15) is 67.0 Å². The van der Waals surface area contributed by atoms with E-state index in [-0.39, 0.29) is 23.8 Å². The lowest BCUT2D eigenvalue weighted by molar-refractivity contribution is -0.132. The summed E-state index contributed by atoms with van der Waals surface area (Å²) >= 11 is 0. The molecule has 1 aromatic heterocycles. The number of hydrogen-bond acceptors (Lipinski definition) is 6. The van der Waals surface area contributed by atoms with Crippen molar-refractivity contribution in [1.82, 2.24) is 15.2 Å². The predicted octanol–water partition coefficient (Wildman–Crippen LogP) is 6.62. The predicted molar refractivity (Wildman–Crippen MR) is 173 cm³/mol. The van der Waals surface area contributed by atoms with E-state index in [9.17, 15) is 9.59 Å². The molecule has 0 bridgehead atoms. The summed E-state index contributed by atoms with van der Waals surface area (Å²) in [5.41, 5.74) is 3.28. The molecule has 2 amide bonds. The number of aromatic nitrogens is 1. The molecular weight excluding hydrogens is 566 g/mol. The first-order valence-electron chi connectivity index (χ1n) is 15.9. The van der Waals surface area contributed by atoms with Crippen molar-refractivity contribution < 1.29 is 23.5 Å². The molecule has 1 aliphatic rings. The SMILES string of the molecule is CCOc1ccc(CCC(=O)N2CCC(CC(=O)NC(Cc3ccc(OCc4ccccc4)cc3)c3ncc(C)o3)CC2)cc1. The zero-order valence-corrected chi connectivity index (χ0v) is 26.2. The molecule has 1 saturated heterocycles. The first-order chi connectivity index (χ1) is 21.9. The standard InChI is InChI=1S/C37H43N3O5/c1-3-43-32-14-9-28(10-15-32)13-18-36(42)40-21-19-30(20-22-40)24-35(41)39-34(37-38-25-27(2)45-37)23-29-11-16-33(17-12-29)44-26-31-7-5-4-6-8-31/h4-12,14-17,25,30,34H,3,13,18-24,26H2,1-2H3,(H,39,41). The molecule has 1 unspecified atom stereocenters. The molecule has 1 fully saturated rings. The molecule has 4 aromatic rings. The zero-order chi connectivity index (χ0) is 31.4. The van der Waals surface area contributed by atoms with Crippen LogP contribution in [0.5, 0.6) is 11.5 Å². The monoisotopic (exact) mass is 609 g/mol. The van der Waals surface area contributed by atoms with Crippen LogP contribution in [-0.2, 0) is 29.0 Å². The van der Waals surface area contributed by atoms with Gasteiger partial charge in [-0.05, 0) is 80.0 Å². The molecule has 236 valence electrons. The van der Waals surface area contributed by atoms with Gasteiger partial charge in [-0.25, -0.2) is 4.98 Å². The highest BCUT2D eigenvalue weighted by atomic mass is 16.5. The maximum absolute atomic E-state index is 13.2. The Labute approximate surface area is 265 Å². The minimum absolute atomic E-state index is 0.0288. The third-order valence-electron chi connectivity index (χ3n) is 8.19. The molecular formula is C37H43N3O5. The number of rotatable bonds is 14. The summed E-state index contributed by atoms with van der Waals surface area (Å²) in [5.74, 6) is 3.21. The summed E-state index contributed by atoms with van der Waals surface area (Å²) in [6.45, 7) is 6.32. The Balaban J connectivity index is 1.08. The lowest BCUT2D eigenvalue weighted by Crippen LogP contribution is -2.40. The van der Waals surface area contributed by atoms with E-state index in [1.807, 2.05) is 97.6 Å². The number of hydrogen-bond donors (Lipinski definition) is 1. The summed E-state index contributed by atoms with van der Waals surface area (Å²) in [4.78, 5) is 32.4. The van der Waals surface area contributed by atoms with E-state index in [4.69, 9.17) is 13.9 Å². The Bertz CT molecular complexity index is 1490. The summed E-state index contributed by atoms with van der Waals surface area (Å²) in [6, 6.07) is 25.5. The van der Waals surface area contributed by atoms with E-state index in [1.165, 1.54) is 0 Å². The van der Waals surface area contributed by atoms with Crippen LogP contribution in [-0.4, -0.2) is 41.4 Å². The van der Waals surface area contributed by atoms with Gasteiger partial charge in [0.1, 0.15) is 29.9 Å². The molecule has 0 radical (unpaired) electrons. The molecule has 0 saturated carbocycles. The van der Waals surface area contributed by atoms with Gasteiger partial charge in [0.15, 0.2) is 0 Å². The van der Waals surface area contributed by atoms with Crippen LogP contribution < -0.4 is 14.8 Å². The fourth-order valence-electron chi connectivity index (χ4n) is 5.66. The summed E-state index contributed by atoms with van der Waals surface area (Å²) in [7, 11) is 0. The molecule has 0 spiro atoms. The largest absolute Gasteiger partial charge is 0.494 e. The highest BCUT2D eigenvalue weighted by Crippen LogP contribution is 2.25. The number of carbonyl (C=O) groups is 2. The minimum atomic E-state index is -0.383. The highest BCUT2D eigenvalue weighted by Gasteiger charge is 2.26. The average Bonchev–Trinajstić information content (AvgIpc) is 3.50. The molecule has 45 heavy (non-hydrogen) atoms. The van der Waals surface area contributed by atoms with Crippen LogP contribution >= 0.6 is 0 Å². The van der Waals surface area contributed by atoms with Gasteiger partial charge >= 0.3 is 0 Å². The van der Waals surface area contributed by atoms with Gasteiger partial charge in [0.2, 0.25) is 17.7 Å². The number of piperidine rings is 1. The van der Waals surface area contributed by atoms with Crippen LogP contribution in [0.25, 0.3) is 0 Å². The smallest absolute Gasteiger partial charge is 0.222 e. The van der Waals surface area contributed by atoms with Crippen LogP contribution in [0.15, 0.2) is 89.5 Å². The molecule has 1 aliphatic heterocycles. The van der Waals surface area contributed by atoms with Crippen molar-refractivity contribution in [1.29, 1.82) is 0 Å². The Hall–Kier alpha value is -4.59. The summed E-state index contributed by atoms with van der Waals surface area (Å²) in [6.07, 6.45) is 5.46. The third-order valence-corrected chi connectivity index (χ3v) is 8.19. The second kappa shape index (κ2) is 15.9. The van der Waals surface area contributed by atoms with E-state index in [0.717, 1.165) is 41.0 Å². The average molecular weight is 610 g/mol. The van der Waals surface area contributed by atoms with Gasteiger partial charge in [0, 0.05) is 32.4 Å². The highest BCUT2D eigenvalue weighted by molar-refractivity contribution is 5.77. The van der Waals surface area contributed by atoms with Gasteiger partial charge in [-0.3, -0.25) is 9.59 Å².